The molecule has 0 saturated heterocycles. The number of carbonyl (C=O) groups excluding carboxylic acids is 1. The largest absolute Gasteiger partial charge is 0.439 e. The van der Waals surface area contributed by atoms with Crippen molar-refractivity contribution < 1.29 is 13.9 Å². The van der Waals surface area contributed by atoms with E-state index in [2.05, 4.69) is 20.6 Å². The number of carbonyl (C=O) groups is 1. The molecule has 0 bridgehead atoms. The highest BCUT2D eigenvalue weighted by molar-refractivity contribution is 5.97. The molecule has 1 aliphatic carbocycles. The first-order valence-electron chi connectivity index (χ1n) is 12.0. The number of nitrogens with one attached hydrogen (secondary N) is 2. The molecule has 1 aliphatic rings. The molecule has 2 aromatic carbocycles. The lowest BCUT2D eigenvalue weighted by Gasteiger charge is -2.14. The number of rotatable bonds is 9. The van der Waals surface area contributed by atoms with Crippen LogP contribution in [0.1, 0.15) is 28.8 Å². The van der Waals surface area contributed by atoms with E-state index >= 15 is 0 Å². The van der Waals surface area contributed by atoms with Crippen molar-refractivity contribution in [1.82, 2.24) is 24.8 Å². The Balaban J connectivity index is 1.51. The minimum atomic E-state index is -0.385. The van der Waals surface area contributed by atoms with Crippen LogP contribution in [0.3, 0.4) is 0 Å². The van der Waals surface area contributed by atoms with Crippen LogP contribution in [-0.2, 0) is 0 Å². The molecular weight excluding hydrogens is 459 g/mol. The number of ether oxygens (including phenoxy) is 1. The van der Waals surface area contributed by atoms with E-state index < -0.39 is 0 Å². The average Bonchev–Trinajstić information content (AvgIpc) is 3.54. The van der Waals surface area contributed by atoms with Gasteiger partial charge >= 0.3 is 0 Å². The molecule has 36 heavy (non-hydrogen) atoms. The third-order valence-corrected chi connectivity index (χ3v) is 6.03. The molecule has 1 fully saturated rings. The van der Waals surface area contributed by atoms with E-state index in [1.807, 2.05) is 39.2 Å². The molecule has 4 aromatic rings. The van der Waals surface area contributed by atoms with Crippen LogP contribution in [0.4, 0.5) is 10.2 Å². The van der Waals surface area contributed by atoms with Gasteiger partial charge in [-0.2, -0.15) is 14.6 Å². The quantitative estimate of drug-likeness (QED) is 0.361. The van der Waals surface area contributed by atoms with Gasteiger partial charge in [0.25, 0.3) is 5.91 Å². The predicted octanol–water partition coefficient (Wildman–Crippen LogP) is 4.50. The minimum Gasteiger partial charge on any atom is -0.439 e. The van der Waals surface area contributed by atoms with Crippen LogP contribution in [0.2, 0.25) is 0 Å². The molecule has 0 unspecified atom stereocenters. The first-order valence-corrected chi connectivity index (χ1v) is 12.0. The molecule has 186 valence electrons. The van der Waals surface area contributed by atoms with Crippen molar-refractivity contribution in [3.05, 3.63) is 71.7 Å². The zero-order chi connectivity index (χ0) is 25.2. The average molecular weight is 489 g/mol. The van der Waals surface area contributed by atoms with Gasteiger partial charge < -0.3 is 20.3 Å². The fraction of sp³-hybridized carbons (Fsp3) is 0.296. The maximum absolute atomic E-state index is 13.7. The van der Waals surface area contributed by atoms with Crippen molar-refractivity contribution in [2.45, 2.75) is 25.8 Å². The van der Waals surface area contributed by atoms with Crippen molar-refractivity contribution in [2.24, 2.45) is 0 Å². The highest BCUT2D eigenvalue weighted by Gasteiger charge is 2.24. The third kappa shape index (κ3) is 5.31. The molecule has 0 radical (unpaired) electrons. The van der Waals surface area contributed by atoms with Gasteiger partial charge in [0, 0.05) is 42.4 Å². The number of benzene rings is 2. The van der Waals surface area contributed by atoms with Crippen molar-refractivity contribution in [2.75, 3.05) is 32.5 Å². The van der Waals surface area contributed by atoms with Crippen LogP contribution in [0.5, 0.6) is 11.6 Å². The Labute approximate surface area is 209 Å². The lowest BCUT2D eigenvalue weighted by molar-refractivity contribution is 0.0950. The Morgan fingerprint density at radius 3 is 2.75 bits per heavy atom. The number of aromatic nitrogens is 3. The second-order valence-electron chi connectivity index (χ2n) is 9.34. The highest BCUT2D eigenvalue weighted by Crippen LogP contribution is 2.31. The summed E-state index contributed by atoms with van der Waals surface area (Å²) in [5, 5.41) is 11.0. The third-order valence-electron chi connectivity index (χ3n) is 6.03. The number of amides is 1. The maximum atomic E-state index is 13.7. The Morgan fingerprint density at radius 2 is 2.03 bits per heavy atom. The molecule has 0 spiro atoms. The monoisotopic (exact) mass is 488 g/mol. The minimum absolute atomic E-state index is 0.0438. The number of likely N-dealkylation sites (N-methyl/N-ethyl adjacent to an activating group) is 1. The topological polar surface area (TPSA) is 83.8 Å². The summed E-state index contributed by atoms with van der Waals surface area (Å²) >= 11 is 0. The van der Waals surface area contributed by atoms with Gasteiger partial charge in [0.2, 0.25) is 5.88 Å². The summed E-state index contributed by atoms with van der Waals surface area (Å²) in [6.45, 7) is 3.43. The summed E-state index contributed by atoms with van der Waals surface area (Å²) in [5.41, 5.74) is 3.82. The summed E-state index contributed by atoms with van der Waals surface area (Å²) in [6.07, 6.45) is 3.84. The summed E-state index contributed by atoms with van der Waals surface area (Å²) in [4.78, 5) is 19.3. The van der Waals surface area contributed by atoms with E-state index in [0.29, 0.717) is 41.2 Å². The van der Waals surface area contributed by atoms with Crippen LogP contribution in [-0.4, -0.2) is 58.6 Å². The second kappa shape index (κ2) is 9.94. The molecule has 0 atom stereocenters. The first-order chi connectivity index (χ1) is 17.4. The molecule has 2 heterocycles. The van der Waals surface area contributed by atoms with E-state index in [0.717, 1.165) is 36.1 Å². The van der Waals surface area contributed by atoms with Gasteiger partial charge in [0.15, 0.2) is 5.65 Å². The van der Waals surface area contributed by atoms with Crippen LogP contribution < -0.4 is 15.4 Å². The standard InChI is InChI=1S/C27H29FN6O2/c1-17-13-18(7-10-22(17)27(35)31-20-8-9-20)23-16-30-34-24(29-11-12-33(2)3)15-25(32-26(23)34)36-21-6-4-5-19(28)14-21/h4-7,10,13-16,20,29H,8-9,11-12H2,1-3H3,(H,31,35). The van der Waals surface area contributed by atoms with E-state index in [1.165, 1.54) is 12.1 Å². The molecule has 2 N–H and O–H groups in total. The molecule has 9 heteroatoms. The zero-order valence-corrected chi connectivity index (χ0v) is 20.6. The van der Waals surface area contributed by atoms with E-state index in [1.54, 1.807) is 28.9 Å². The van der Waals surface area contributed by atoms with Crippen molar-refractivity contribution in [3.8, 4) is 22.8 Å². The highest BCUT2D eigenvalue weighted by atomic mass is 19.1. The molecule has 5 rings (SSSR count). The maximum Gasteiger partial charge on any atom is 0.251 e. The number of nitrogens with zero attached hydrogens (tertiary/aromatic N) is 4. The normalized spacial score (nSPS) is 13.2. The molecule has 2 aromatic heterocycles. The second-order valence-corrected chi connectivity index (χ2v) is 9.34. The summed E-state index contributed by atoms with van der Waals surface area (Å²) < 4.78 is 21.4. The zero-order valence-electron chi connectivity index (χ0n) is 20.6. The van der Waals surface area contributed by atoms with Crippen LogP contribution in [0.15, 0.2) is 54.7 Å². The van der Waals surface area contributed by atoms with Gasteiger partial charge in [-0.3, -0.25) is 4.79 Å². The van der Waals surface area contributed by atoms with Gasteiger partial charge in [-0.1, -0.05) is 18.2 Å². The van der Waals surface area contributed by atoms with E-state index in [4.69, 9.17) is 9.72 Å². The number of hydrogen-bond donors (Lipinski definition) is 2. The van der Waals surface area contributed by atoms with Crippen molar-refractivity contribution in [3.63, 3.8) is 0 Å². The Bertz CT molecular complexity index is 1410. The Morgan fingerprint density at radius 1 is 1.19 bits per heavy atom. The van der Waals surface area contributed by atoms with Crippen molar-refractivity contribution in [1.29, 1.82) is 0 Å². The molecule has 1 amide bonds. The summed E-state index contributed by atoms with van der Waals surface area (Å²) in [7, 11) is 4.01. The number of fused-ring (bicyclic) bond motifs is 1. The summed E-state index contributed by atoms with van der Waals surface area (Å²) in [5.74, 6) is 0.951. The van der Waals surface area contributed by atoms with Gasteiger partial charge in [-0.05, 0) is 63.2 Å². The fourth-order valence-corrected chi connectivity index (χ4v) is 3.96. The Kier molecular flexibility index (Phi) is 6.56. The van der Waals surface area contributed by atoms with E-state index in [-0.39, 0.29) is 11.7 Å². The number of halogens is 1. The Hall–Kier alpha value is -3.98. The van der Waals surface area contributed by atoms with Crippen LogP contribution >= 0.6 is 0 Å². The number of aryl methyl sites for hydroxylation is 1. The van der Waals surface area contributed by atoms with Crippen LogP contribution in [0.25, 0.3) is 16.8 Å². The van der Waals surface area contributed by atoms with Gasteiger partial charge in [0.1, 0.15) is 17.4 Å². The van der Waals surface area contributed by atoms with E-state index in [9.17, 15) is 9.18 Å². The van der Waals surface area contributed by atoms with Crippen LogP contribution in [0, 0.1) is 12.7 Å². The fourth-order valence-electron chi connectivity index (χ4n) is 3.96. The number of anilines is 1. The first kappa shape index (κ1) is 23.7. The van der Waals surface area contributed by atoms with Gasteiger partial charge in [0.05, 0.1) is 6.20 Å². The molecule has 0 aliphatic heterocycles. The SMILES string of the molecule is Cc1cc(-c2cnn3c(NCCN(C)C)cc(Oc4cccc(F)c4)nc23)ccc1C(=O)NC1CC1. The van der Waals surface area contributed by atoms with Gasteiger partial charge in [-0.15, -0.1) is 0 Å². The predicted molar refractivity (Wildman–Crippen MR) is 137 cm³/mol. The van der Waals surface area contributed by atoms with Gasteiger partial charge in [-0.25, -0.2) is 4.39 Å². The number of hydrogen-bond acceptors (Lipinski definition) is 6. The molecular formula is C27H29FN6O2. The lowest BCUT2D eigenvalue weighted by Crippen LogP contribution is -2.26. The molecule has 8 nitrogen and oxygen atoms in total. The smallest absolute Gasteiger partial charge is 0.251 e. The summed E-state index contributed by atoms with van der Waals surface area (Å²) in [6, 6.07) is 13.7. The lowest BCUT2D eigenvalue weighted by atomic mass is 10.0. The van der Waals surface area contributed by atoms with Crippen molar-refractivity contribution >= 4 is 17.4 Å². The molecule has 1 saturated carbocycles.